The number of benzene rings is 8. The Morgan fingerprint density at radius 3 is 1.79 bits per heavy atom. The lowest BCUT2D eigenvalue weighted by Crippen LogP contribution is -2.20. The minimum absolute atomic E-state index is 0.452. The molecule has 11 rings (SSSR count). The first kappa shape index (κ1) is 37.0. The van der Waals surface area contributed by atoms with E-state index in [2.05, 4.69) is 157 Å². The smallest absolute Gasteiger partial charge is 0.160 e. The third-order valence-electron chi connectivity index (χ3n) is 11.5. The Morgan fingerprint density at radius 2 is 1.02 bits per heavy atom. The summed E-state index contributed by atoms with van der Waals surface area (Å²) in [6.07, 6.45) is 2.19. The van der Waals surface area contributed by atoms with Crippen LogP contribution in [0.4, 0.5) is 0 Å². The highest BCUT2D eigenvalue weighted by Gasteiger charge is 2.24. The first-order chi connectivity index (χ1) is 30.6. The van der Waals surface area contributed by atoms with E-state index in [1.165, 1.54) is 25.7 Å². The van der Waals surface area contributed by atoms with Gasteiger partial charge >= 0.3 is 0 Å². The Balaban J connectivity index is 0.985. The van der Waals surface area contributed by atoms with Gasteiger partial charge in [0.2, 0.25) is 0 Å². The van der Waals surface area contributed by atoms with Gasteiger partial charge in [0.05, 0.1) is 22.8 Å². The number of hydrogen-bond acceptors (Lipinski definition) is 5. The lowest BCUT2D eigenvalue weighted by Gasteiger charge is -2.26. The second kappa shape index (κ2) is 15.9. The van der Waals surface area contributed by atoms with Crippen LogP contribution in [-0.2, 0) is 0 Å². The molecule has 10 aromatic rings. The molecule has 0 unspecified atom stereocenters. The summed E-state index contributed by atoms with van der Waals surface area (Å²) in [6, 6.07) is 73.6. The van der Waals surface area contributed by atoms with E-state index in [1.807, 2.05) is 78.1 Å². The monoisotopic (exact) mass is 810 g/mol. The zero-order valence-corrected chi connectivity index (χ0v) is 34.4. The Morgan fingerprint density at radius 1 is 0.435 bits per heavy atom. The number of fused-ring (bicyclic) bond motifs is 4. The maximum Gasteiger partial charge on any atom is 0.160 e. The molecular formula is C57H38N4S. The zero-order chi connectivity index (χ0) is 41.4. The van der Waals surface area contributed by atoms with Crippen LogP contribution in [0.5, 0.6) is 0 Å². The Labute approximate surface area is 364 Å². The zero-order valence-electron chi connectivity index (χ0n) is 33.6. The molecule has 2 N–H and O–H groups in total. The summed E-state index contributed by atoms with van der Waals surface area (Å²) >= 11 is 1.84. The van der Waals surface area contributed by atoms with Crippen molar-refractivity contribution in [2.45, 2.75) is 0 Å². The molecule has 0 amide bonds. The van der Waals surface area contributed by atoms with Gasteiger partial charge in [-0.15, -0.1) is 11.3 Å². The molecule has 0 bridgehead atoms. The first-order valence-electron chi connectivity index (χ1n) is 20.7. The summed E-state index contributed by atoms with van der Waals surface area (Å²) in [5.74, 6) is 0.644. The van der Waals surface area contributed by atoms with E-state index in [1.54, 1.807) is 0 Å². The highest BCUT2D eigenvalue weighted by atomic mass is 32.1. The van der Waals surface area contributed by atoms with Crippen LogP contribution in [0.2, 0.25) is 0 Å². The van der Waals surface area contributed by atoms with Crippen LogP contribution in [0.3, 0.4) is 0 Å². The summed E-state index contributed by atoms with van der Waals surface area (Å²) in [5.41, 5.74) is 15.1. The molecule has 0 spiro atoms. The van der Waals surface area contributed by atoms with Crippen LogP contribution >= 0.6 is 11.3 Å². The van der Waals surface area contributed by atoms with Gasteiger partial charge in [-0.2, -0.15) is 0 Å². The lowest BCUT2D eigenvalue weighted by molar-refractivity contribution is 1.18. The van der Waals surface area contributed by atoms with Gasteiger partial charge in [-0.3, -0.25) is 5.41 Å². The van der Waals surface area contributed by atoms with Crippen molar-refractivity contribution < 1.29 is 0 Å². The molecule has 0 aliphatic carbocycles. The number of rotatable bonds is 8. The predicted octanol–water partition coefficient (Wildman–Crippen LogP) is 14.6. The van der Waals surface area contributed by atoms with Gasteiger partial charge in [-0.25, -0.2) is 9.97 Å². The van der Waals surface area contributed by atoms with Crippen LogP contribution in [0.25, 0.3) is 88.2 Å². The van der Waals surface area contributed by atoms with Crippen molar-refractivity contribution in [3.8, 4) is 45.0 Å². The summed E-state index contributed by atoms with van der Waals surface area (Å²) in [6.45, 7) is 0. The normalized spacial score (nSPS) is 13.0. The van der Waals surface area contributed by atoms with Gasteiger partial charge in [-0.1, -0.05) is 188 Å². The van der Waals surface area contributed by atoms with Crippen LogP contribution in [0.1, 0.15) is 27.8 Å². The van der Waals surface area contributed by atoms with E-state index in [9.17, 15) is 5.41 Å². The summed E-state index contributed by atoms with van der Waals surface area (Å²) in [4.78, 5) is 10.4. The van der Waals surface area contributed by atoms with E-state index in [0.717, 1.165) is 78.4 Å². The highest BCUT2D eigenvalue weighted by molar-refractivity contribution is 7.25. The summed E-state index contributed by atoms with van der Waals surface area (Å²) in [7, 11) is 0. The van der Waals surface area contributed by atoms with Crippen molar-refractivity contribution in [1.82, 2.24) is 15.3 Å². The van der Waals surface area contributed by atoms with Gasteiger partial charge in [0.25, 0.3) is 0 Å². The molecule has 3 heterocycles. The molecule has 1 aliphatic rings. The fourth-order valence-electron chi connectivity index (χ4n) is 8.41. The molecule has 1 aliphatic heterocycles. The van der Waals surface area contributed by atoms with Gasteiger partial charge in [-0.05, 0) is 58.2 Å². The lowest BCUT2D eigenvalue weighted by atomic mass is 9.88. The van der Waals surface area contributed by atoms with Crippen molar-refractivity contribution in [1.29, 1.82) is 5.41 Å². The van der Waals surface area contributed by atoms with E-state index < -0.39 is 0 Å². The Kier molecular flexibility index (Phi) is 9.49. The standard InChI is InChI=1S/C57H38N4S/c58-55(41-19-8-3-9-20-41)54(40-17-6-2-7-18-40)56-46-24-11-10-21-43(46)34-49(59-56)44-22-14-23-45(33-44)57-60-50(38-15-4-1-5-16-38)36-51(61-57)39-29-27-37(28-30-39)42-31-32-48-47-25-12-13-26-52(47)62-53(48)35-42/h1-36,58-59H/b56-54-,58-55?. The van der Waals surface area contributed by atoms with Crippen molar-refractivity contribution in [3.63, 3.8) is 0 Å². The predicted molar refractivity (Wildman–Crippen MR) is 261 cm³/mol. The minimum atomic E-state index is 0.452. The Hall–Kier alpha value is -7.99. The molecule has 292 valence electrons. The molecule has 8 aromatic carbocycles. The topological polar surface area (TPSA) is 61.7 Å². The van der Waals surface area contributed by atoms with Crippen molar-refractivity contribution in [2.24, 2.45) is 0 Å². The quantitative estimate of drug-likeness (QED) is 0.150. The number of hydrogen-bond donors (Lipinski definition) is 2. The molecule has 62 heavy (non-hydrogen) atoms. The van der Waals surface area contributed by atoms with E-state index in [4.69, 9.17) is 9.97 Å². The van der Waals surface area contributed by atoms with Gasteiger partial charge in [0, 0.05) is 59.3 Å². The van der Waals surface area contributed by atoms with Crippen LogP contribution < -0.4 is 5.32 Å². The number of aromatic nitrogens is 2. The molecule has 0 saturated heterocycles. The molecule has 0 saturated carbocycles. The van der Waals surface area contributed by atoms with E-state index in [0.29, 0.717) is 11.5 Å². The van der Waals surface area contributed by atoms with Gasteiger partial charge in [0.1, 0.15) is 0 Å². The highest BCUT2D eigenvalue weighted by Crippen LogP contribution is 2.39. The molecule has 0 atom stereocenters. The van der Waals surface area contributed by atoms with Crippen LogP contribution in [-0.4, -0.2) is 15.7 Å². The average Bonchev–Trinajstić information content (AvgIpc) is 3.73. The van der Waals surface area contributed by atoms with Gasteiger partial charge in [0.15, 0.2) is 5.82 Å². The second-order valence-corrected chi connectivity index (χ2v) is 16.5. The first-order valence-corrected chi connectivity index (χ1v) is 21.5. The van der Waals surface area contributed by atoms with Crippen molar-refractivity contribution in [2.75, 3.05) is 0 Å². The van der Waals surface area contributed by atoms with E-state index >= 15 is 0 Å². The number of nitrogens with one attached hydrogen (secondary N) is 2. The largest absolute Gasteiger partial charge is 0.354 e. The molecule has 0 radical (unpaired) electrons. The van der Waals surface area contributed by atoms with Gasteiger partial charge < -0.3 is 5.32 Å². The number of allylic oxidation sites excluding steroid dienone is 1. The van der Waals surface area contributed by atoms with Crippen molar-refractivity contribution in [3.05, 3.63) is 240 Å². The Bertz CT molecular complexity index is 3370. The third kappa shape index (κ3) is 7.00. The maximum atomic E-state index is 9.57. The molecule has 5 heteroatoms. The minimum Gasteiger partial charge on any atom is -0.354 e. The molecule has 4 nitrogen and oxygen atoms in total. The fraction of sp³-hybridized carbons (Fsp3) is 0. The molecule has 2 aromatic heterocycles. The summed E-state index contributed by atoms with van der Waals surface area (Å²) < 4.78 is 2.60. The molecule has 0 fully saturated rings. The van der Waals surface area contributed by atoms with E-state index in [-0.39, 0.29) is 0 Å². The fourth-order valence-corrected chi connectivity index (χ4v) is 9.56. The number of thiophene rings is 1. The van der Waals surface area contributed by atoms with Crippen molar-refractivity contribution >= 4 is 60.3 Å². The average molecular weight is 811 g/mol. The maximum absolute atomic E-state index is 9.57. The third-order valence-corrected chi connectivity index (χ3v) is 12.7. The molecular weight excluding hydrogens is 773 g/mol. The van der Waals surface area contributed by atoms with Crippen LogP contribution in [0.15, 0.2) is 212 Å². The SMILES string of the molecule is N=C(/C(=C1\NC(c2cccc(-c3nc(-c4ccccc4)cc(-c4ccc(-c5ccc6c(c5)sc5ccccc56)cc4)n3)c2)=Cc2ccccc21)c1ccccc1)c1ccccc1. The summed E-state index contributed by atoms with van der Waals surface area (Å²) in [5, 5.41) is 16.0. The number of nitrogens with zero attached hydrogens (tertiary/aromatic N) is 2. The van der Waals surface area contributed by atoms with Crippen LogP contribution in [0, 0.1) is 5.41 Å². The second-order valence-electron chi connectivity index (χ2n) is 15.4.